The molecule has 2 rings (SSSR count). The molecule has 0 fully saturated rings. The Bertz CT molecular complexity index is 564. The van der Waals surface area contributed by atoms with Gasteiger partial charge in [0.15, 0.2) is 0 Å². The standard InChI is InChI=1S/C17H21NO2/c1-12-4-9-16(17(10-12)20-3)13(2)18-11-14-5-7-15(19)8-6-14/h4-10,13,18-19H,11H2,1-3H3. The molecular weight excluding hydrogens is 250 g/mol. The molecule has 0 saturated carbocycles. The summed E-state index contributed by atoms with van der Waals surface area (Å²) in [6.45, 7) is 4.92. The molecule has 2 aromatic rings. The number of benzene rings is 2. The molecule has 3 heteroatoms. The van der Waals surface area contributed by atoms with E-state index in [2.05, 4.69) is 31.3 Å². The largest absolute Gasteiger partial charge is 0.508 e. The van der Waals surface area contributed by atoms with E-state index in [0.717, 1.165) is 23.4 Å². The fourth-order valence-electron chi connectivity index (χ4n) is 2.17. The Hall–Kier alpha value is -2.00. The quantitative estimate of drug-likeness (QED) is 0.873. The van der Waals surface area contributed by atoms with Crippen LogP contribution in [0.5, 0.6) is 11.5 Å². The number of nitrogens with one attached hydrogen (secondary N) is 1. The van der Waals surface area contributed by atoms with Crippen LogP contribution in [0.1, 0.15) is 29.7 Å². The molecular formula is C17H21NO2. The molecule has 0 amide bonds. The van der Waals surface area contributed by atoms with Gasteiger partial charge in [0.1, 0.15) is 11.5 Å². The van der Waals surface area contributed by atoms with Crippen molar-refractivity contribution < 1.29 is 9.84 Å². The molecule has 2 N–H and O–H groups in total. The third kappa shape index (κ3) is 3.52. The van der Waals surface area contributed by atoms with Crippen molar-refractivity contribution in [3.05, 3.63) is 59.2 Å². The number of hydrogen-bond acceptors (Lipinski definition) is 3. The highest BCUT2D eigenvalue weighted by Gasteiger charge is 2.11. The highest BCUT2D eigenvalue weighted by molar-refractivity contribution is 5.39. The van der Waals surface area contributed by atoms with Crippen molar-refractivity contribution in [2.24, 2.45) is 0 Å². The van der Waals surface area contributed by atoms with Crippen LogP contribution in [0.25, 0.3) is 0 Å². The molecule has 0 aliphatic rings. The lowest BCUT2D eigenvalue weighted by Crippen LogP contribution is -2.18. The van der Waals surface area contributed by atoms with Gasteiger partial charge in [-0.05, 0) is 43.2 Å². The van der Waals surface area contributed by atoms with Gasteiger partial charge in [-0.1, -0.05) is 24.3 Å². The van der Waals surface area contributed by atoms with E-state index < -0.39 is 0 Å². The first-order chi connectivity index (χ1) is 9.60. The molecule has 1 atom stereocenters. The number of methoxy groups -OCH3 is 1. The lowest BCUT2D eigenvalue weighted by Gasteiger charge is -2.18. The van der Waals surface area contributed by atoms with Crippen LogP contribution in [0.4, 0.5) is 0 Å². The van der Waals surface area contributed by atoms with Gasteiger partial charge in [-0.3, -0.25) is 0 Å². The van der Waals surface area contributed by atoms with Gasteiger partial charge < -0.3 is 15.2 Å². The van der Waals surface area contributed by atoms with E-state index >= 15 is 0 Å². The van der Waals surface area contributed by atoms with Crippen LogP contribution >= 0.6 is 0 Å². The summed E-state index contributed by atoms with van der Waals surface area (Å²) in [7, 11) is 1.70. The Balaban J connectivity index is 2.04. The maximum Gasteiger partial charge on any atom is 0.123 e. The maximum absolute atomic E-state index is 9.27. The van der Waals surface area contributed by atoms with Gasteiger partial charge in [-0.25, -0.2) is 0 Å². The van der Waals surface area contributed by atoms with Gasteiger partial charge in [-0.2, -0.15) is 0 Å². The lowest BCUT2D eigenvalue weighted by atomic mass is 10.0. The number of aryl methyl sites for hydroxylation is 1. The van der Waals surface area contributed by atoms with Crippen LogP contribution in [0.3, 0.4) is 0 Å². The van der Waals surface area contributed by atoms with Crippen molar-refractivity contribution in [3.63, 3.8) is 0 Å². The SMILES string of the molecule is COc1cc(C)ccc1C(C)NCc1ccc(O)cc1. The monoisotopic (exact) mass is 271 g/mol. The Morgan fingerprint density at radius 1 is 1.15 bits per heavy atom. The number of aromatic hydroxyl groups is 1. The van der Waals surface area contributed by atoms with E-state index in [4.69, 9.17) is 4.74 Å². The molecule has 1 unspecified atom stereocenters. The van der Waals surface area contributed by atoms with Crippen molar-refractivity contribution >= 4 is 0 Å². The van der Waals surface area contributed by atoms with Gasteiger partial charge in [0.2, 0.25) is 0 Å². The molecule has 2 aromatic carbocycles. The zero-order chi connectivity index (χ0) is 14.5. The minimum atomic E-state index is 0.194. The summed E-state index contributed by atoms with van der Waals surface area (Å²) in [5.41, 5.74) is 3.48. The third-order valence-corrected chi connectivity index (χ3v) is 3.40. The second-order valence-corrected chi connectivity index (χ2v) is 5.01. The predicted molar refractivity (Wildman–Crippen MR) is 81.1 cm³/mol. The summed E-state index contributed by atoms with van der Waals surface area (Å²) < 4.78 is 5.44. The van der Waals surface area contributed by atoms with Crippen molar-refractivity contribution in [2.75, 3.05) is 7.11 Å². The van der Waals surface area contributed by atoms with Crippen LogP contribution in [-0.2, 0) is 6.54 Å². The molecule has 0 aliphatic heterocycles. The van der Waals surface area contributed by atoms with E-state index in [1.165, 1.54) is 5.56 Å². The Morgan fingerprint density at radius 2 is 1.85 bits per heavy atom. The zero-order valence-corrected chi connectivity index (χ0v) is 12.2. The number of hydrogen-bond donors (Lipinski definition) is 2. The number of phenols is 1. The van der Waals surface area contributed by atoms with Crippen LogP contribution in [-0.4, -0.2) is 12.2 Å². The average Bonchev–Trinajstić information content (AvgIpc) is 2.46. The van der Waals surface area contributed by atoms with Gasteiger partial charge in [-0.15, -0.1) is 0 Å². The topological polar surface area (TPSA) is 41.5 Å². The highest BCUT2D eigenvalue weighted by Crippen LogP contribution is 2.26. The summed E-state index contributed by atoms with van der Waals surface area (Å²) in [5.74, 6) is 1.21. The van der Waals surface area contributed by atoms with Crippen LogP contribution in [0, 0.1) is 6.92 Å². The molecule has 0 aromatic heterocycles. The van der Waals surface area contributed by atoms with Crippen LogP contribution in [0.2, 0.25) is 0 Å². The second-order valence-electron chi connectivity index (χ2n) is 5.01. The van der Waals surface area contributed by atoms with Gasteiger partial charge in [0.05, 0.1) is 7.11 Å². The zero-order valence-electron chi connectivity index (χ0n) is 12.2. The van der Waals surface area contributed by atoms with E-state index in [1.807, 2.05) is 18.2 Å². The fourth-order valence-corrected chi connectivity index (χ4v) is 2.17. The average molecular weight is 271 g/mol. The van der Waals surface area contributed by atoms with Crippen LogP contribution in [0.15, 0.2) is 42.5 Å². The first-order valence-electron chi connectivity index (χ1n) is 6.76. The normalized spacial score (nSPS) is 12.2. The van der Waals surface area contributed by atoms with E-state index in [0.29, 0.717) is 5.75 Å². The lowest BCUT2D eigenvalue weighted by molar-refractivity contribution is 0.401. The first-order valence-corrected chi connectivity index (χ1v) is 6.76. The number of ether oxygens (including phenoxy) is 1. The highest BCUT2D eigenvalue weighted by atomic mass is 16.5. The van der Waals surface area contributed by atoms with Gasteiger partial charge in [0, 0.05) is 18.2 Å². The second kappa shape index (κ2) is 6.44. The molecule has 0 bridgehead atoms. The summed E-state index contributed by atoms with van der Waals surface area (Å²) in [6.07, 6.45) is 0. The van der Waals surface area contributed by atoms with Crippen molar-refractivity contribution in [2.45, 2.75) is 26.4 Å². The van der Waals surface area contributed by atoms with Crippen molar-refractivity contribution in [1.82, 2.24) is 5.32 Å². The molecule has 0 radical (unpaired) electrons. The summed E-state index contributed by atoms with van der Waals surface area (Å²) in [4.78, 5) is 0. The van der Waals surface area contributed by atoms with Crippen molar-refractivity contribution in [1.29, 1.82) is 0 Å². The smallest absolute Gasteiger partial charge is 0.123 e. The summed E-state index contributed by atoms with van der Waals surface area (Å²) in [5, 5.41) is 12.7. The first kappa shape index (κ1) is 14.4. The predicted octanol–water partition coefficient (Wildman–Crippen LogP) is 3.56. The van der Waals surface area contributed by atoms with E-state index in [9.17, 15) is 5.11 Å². The minimum Gasteiger partial charge on any atom is -0.508 e. The molecule has 0 saturated heterocycles. The van der Waals surface area contributed by atoms with E-state index in [-0.39, 0.29) is 6.04 Å². The number of rotatable bonds is 5. The van der Waals surface area contributed by atoms with Crippen LogP contribution < -0.4 is 10.1 Å². The third-order valence-electron chi connectivity index (χ3n) is 3.40. The summed E-state index contributed by atoms with van der Waals surface area (Å²) >= 11 is 0. The van der Waals surface area contributed by atoms with Crippen molar-refractivity contribution in [3.8, 4) is 11.5 Å². The van der Waals surface area contributed by atoms with E-state index in [1.54, 1.807) is 19.2 Å². The molecule has 20 heavy (non-hydrogen) atoms. The Labute approximate surface area is 120 Å². The Kier molecular flexibility index (Phi) is 4.64. The molecule has 0 spiro atoms. The summed E-state index contributed by atoms with van der Waals surface area (Å²) in [6, 6.07) is 13.7. The Morgan fingerprint density at radius 3 is 2.50 bits per heavy atom. The maximum atomic E-state index is 9.27. The molecule has 0 heterocycles. The molecule has 106 valence electrons. The molecule has 0 aliphatic carbocycles. The van der Waals surface area contributed by atoms with Gasteiger partial charge >= 0.3 is 0 Å². The molecule has 3 nitrogen and oxygen atoms in total. The fraction of sp³-hybridized carbons (Fsp3) is 0.294. The minimum absolute atomic E-state index is 0.194. The van der Waals surface area contributed by atoms with Gasteiger partial charge in [0.25, 0.3) is 0 Å². The number of phenolic OH excluding ortho intramolecular Hbond substituents is 1.